The number of nitro groups is 1. The van der Waals surface area contributed by atoms with Gasteiger partial charge in [0.2, 0.25) is 15.8 Å². The maximum Gasteiger partial charge on any atom is 0.306 e. The molecule has 21 heavy (non-hydrogen) atoms. The van der Waals surface area contributed by atoms with Crippen molar-refractivity contribution < 1.29 is 27.6 Å². The fourth-order valence-electron chi connectivity index (χ4n) is 1.61. The average Bonchev–Trinajstić information content (AvgIpc) is 2.38. The van der Waals surface area contributed by atoms with Crippen molar-refractivity contribution in [3.05, 3.63) is 34.1 Å². The highest BCUT2D eigenvalue weighted by Crippen LogP contribution is 2.23. The molecule has 0 aliphatic heterocycles. The Hall–Kier alpha value is -1.62. The minimum atomic E-state index is -4.08. The predicted octanol–water partition coefficient (Wildman–Crippen LogP) is 0.362. The van der Waals surface area contributed by atoms with Crippen molar-refractivity contribution in [3.63, 3.8) is 0 Å². The number of nitrogens with zero attached hydrogens (tertiary/aromatic N) is 2. The highest BCUT2D eigenvalue weighted by Gasteiger charge is 2.26. The van der Waals surface area contributed by atoms with E-state index in [-0.39, 0.29) is 13.2 Å². The molecule has 0 radical (unpaired) electrons. The molecule has 8 nitrogen and oxygen atoms in total. The first kappa shape index (κ1) is 17.4. The number of aliphatic hydroxyl groups is 1. The van der Waals surface area contributed by atoms with E-state index in [1.54, 1.807) is 0 Å². The summed E-state index contributed by atoms with van der Waals surface area (Å²) in [5, 5.41) is 20.2. The van der Waals surface area contributed by atoms with E-state index in [1.807, 2.05) is 0 Å². The smallest absolute Gasteiger partial charge is 0.306 e. The fourth-order valence-corrected chi connectivity index (χ4v) is 2.84. The van der Waals surface area contributed by atoms with Crippen LogP contribution in [-0.4, -0.2) is 56.2 Å². The standard InChI is InChI=1S/C11H15FN2O6S/c1-13(6-8(15)7-20-2)21(18,19)9-3-4-10(12)11(5-9)14(16)17/h3-5,8,15H,6-7H2,1-2H3. The van der Waals surface area contributed by atoms with Crippen molar-refractivity contribution >= 4 is 15.7 Å². The molecule has 1 aromatic rings. The highest BCUT2D eigenvalue weighted by molar-refractivity contribution is 7.89. The third-order valence-corrected chi connectivity index (χ3v) is 4.47. The first-order chi connectivity index (χ1) is 9.70. The number of nitro benzene ring substituents is 1. The van der Waals surface area contributed by atoms with Gasteiger partial charge >= 0.3 is 5.69 Å². The zero-order valence-electron chi connectivity index (χ0n) is 11.4. The molecule has 0 aliphatic carbocycles. The zero-order valence-corrected chi connectivity index (χ0v) is 12.2. The predicted molar refractivity (Wildman–Crippen MR) is 70.8 cm³/mol. The molecule has 0 saturated heterocycles. The minimum absolute atomic E-state index is 0.0660. The molecule has 1 rings (SSSR count). The number of benzene rings is 1. The molecular formula is C11H15FN2O6S. The Morgan fingerprint density at radius 3 is 2.67 bits per heavy atom. The quantitative estimate of drug-likeness (QED) is 0.573. The maximum atomic E-state index is 13.2. The molecule has 1 aromatic carbocycles. The lowest BCUT2D eigenvalue weighted by Gasteiger charge is -2.20. The van der Waals surface area contributed by atoms with E-state index in [0.717, 1.165) is 10.4 Å². The number of aliphatic hydroxyl groups excluding tert-OH is 1. The van der Waals surface area contributed by atoms with Crippen LogP contribution in [0.4, 0.5) is 10.1 Å². The largest absolute Gasteiger partial charge is 0.389 e. The molecule has 1 atom stereocenters. The van der Waals surface area contributed by atoms with Crippen LogP contribution in [0, 0.1) is 15.9 Å². The molecule has 118 valence electrons. The summed E-state index contributed by atoms with van der Waals surface area (Å²) in [5.41, 5.74) is -0.929. The molecule has 0 aromatic heterocycles. The number of methoxy groups -OCH3 is 1. The van der Waals surface area contributed by atoms with Gasteiger partial charge in [-0.05, 0) is 12.1 Å². The van der Waals surface area contributed by atoms with E-state index in [4.69, 9.17) is 0 Å². The number of sulfonamides is 1. The topological polar surface area (TPSA) is 110 Å². The Morgan fingerprint density at radius 2 is 2.14 bits per heavy atom. The Morgan fingerprint density at radius 1 is 1.52 bits per heavy atom. The lowest BCUT2D eigenvalue weighted by molar-refractivity contribution is -0.387. The molecule has 0 heterocycles. The molecule has 1 N–H and O–H groups in total. The molecular weight excluding hydrogens is 307 g/mol. The van der Waals surface area contributed by atoms with Crippen molar-refractivity contribution in [1.29, 1.82) is 0 Å². The number of likely N-dealkylation sites (N-methyl/N-ethyl adjacent to an activating group) is 1. The Labute approximate surface area is 121 Å². The van der Waals surface area contributed by atoms with E-state index >= 15 is 0 Å². The van der Waals surface area contributed by atoms with Crippen molar-refractivity contribution in [2.24, 2.45) is 0 Å². The van der Waals surface area contributed by atoms with Crippen LogP contribution >= 0.6 is 0 Å². The van der Waals surface area contributed by atoms with Gasteiger partial charge in [0.05, 0.1) is 22.5 Å². The van der Waals surface area contributed by atoms with Crippen LogP contribution < -0.4 is 0 Å². The van der Waals surface area contributed by atoms with E-state index in [1.165, 1.54) is 14.2 Å². The van der Waals surface area contributed by atoms with Crippen LogP contribution in [0.2, 0.25) is 0 Å². The van der Waals surface area contributed by atoms with Crippen LogP contribution in [-0.2, 0) is 14.8 Å². The van der Waals surface area contributed by atoms with E-state index in [0.29, 0.717) is 12.1 Å². The first-order valence-electron chi connectivity index (χ1n) is 5.77. The molecule has 0 bridgehead atoms. The summed E-state index contributed by atoms with van der Waals surface area (Å²) in [6, 6.07) is 2.28. The van der Waals surface area contributed by atoms with Crippen molar-refractivity contribution in [3.8, 4) is 0 Å². The van der Waals surface area contributed by atoms with Crippen LogP contribution in [0.25, 0.3) is 0 Å². The number of rotatable bonds is 7. The van der Waals surface area contributed by atoms with Crippen LogP contribution in [0.5, 0.6) is 0 Å². The highest BCUT2D eigenvalue weighted by atomic mass is 32.2. The maximum absolute atomic E-state index is 13.2. The minimum Gasteiger partial charge on any atom is -0.389 e. The Bertz CT molecular complexity index is 621. The van der Waals surface area contributed by atoms with Crippen LogP contribution in [0.15, 0.2) is 23.1 Å². The molecule has 0 fully saturated rings. The van der Waals surface area contributed by atoms with Gasteiger partial charge in [-0.1, -0.05) is 0 Å². The van der Waals surface area contributed by atoms with E-state index < -0.39 is 37.5 Å². The molecule has 0 amide bonds. The van der Waals surface area contributed by atoms with E-state index in [2.05, 4.69) is 4.74 Å². The summed E-state index contributed by atoms with van der Waals surface area (Å²) in [6.07, 6.45) is -1.05. The van der Waals surface area contributed by atoms with Gasteiger partial charge in [0.15, 0.2) is 0 Å². The van der Waals surface area contributed by atoms with Crippen molar-refractivity contribution in [2.45, 2.75) is 11.0 Å². The second-order valence-electron chi connectivity index (χ2n) is 4.27. The third kappa shape index (κ3) is 4.17. The average molecular weight is 322 g/mol. The summed E-state index contributed by atoms with van der Waals surface area (Å²) >= 11 is 0. The zero-order chi connectivity index (χ0) is 16.2. The summed E-state index contributed by atoms with van der Waals surface area (Å²) in [7, 11) is -1.53. The summed E-state index contributed by atoms with van der Waals surface area (Å²) in [6.45, 7) is -0.329. The monoisotopic (exact) mass is 322 g/mol. The van der Waals surface area contributed by atoms with Gasteiger partial charge in [0, 0.05) is 26.8 Å². The van der Waals surface area contributed by atoms with Crippen molar-refractivity contribution in [2.75, 3.05) is 27.3 Å². The lowest BCUT2D eigenvalue weighted by Crippen LogP contribution is -2.36. The van der Waals surface area contributed by atoms with Crippen molar-refractivity contribution in [1.82, 2.24) is 4.31 Å². The molecule has 0 aliphatic rings. The number of halogens is 1. The normalized spacial score (nSPS) is 13.4. The lowest BCUT2D eigenvalue weighted by atomic mass is 10.3. The number of ether oxygens (including phenoxy) is 1. The van der Waals surface area contributed by atoms with E-state index in [9.17, 15) is 28.0 Å². The van der Waals surface area contributed by atoms with Gasteiger partial charge in [-0.15, -0.1) is 0 Å². The molecule has 10 heteroatoms. The van der Waals surface area contributed by atoms with Gasteiger partial charge < -0.3 is 9.84 Å². The Balaban J connectivity index is 3.07. The molecule has 0 spiro atoms. The van der Waals surface area contributed by atoms with Gasteiger partial charge in [-0.25, -0.2) is 8.42 Å². The van der Waals surface area contributed by atoms with Gasteiger partial charge in [-0.2, -0.15) is 8.70 Å². The Kier molecular flexibility index (Phi) is 5.72. The van der Waals surface area contributed by atoms with Gasteiger partial charge in [0.25, 0.3) is 0 Å². The fraction of sp³-hybridized carbons (Fsp3) is 0.455. The van der Waals surface area contributed by atoms with Gasteiger partial charge in [-0.3, -0.25) is 10.1 Å². The summed E-state index contributed by atoms with van der Waals surface area (Å²) < 4.78 is 43.1. The van der Waals surface area contributed by atoms with Crippen LogP contribution in [0.1, 0.15) is 0 Å². The number of hydrogen-bond donors (Lipinski definition) is 1. The molecule has 1 unspecified atom stereocenters. The second kappa shape index (κ2) is 6.89. The van der Waals surface area contributed by atoms with Gasteiger partial charge in [0.1, 0.15) is 0 Å². The summed E-state index contributed by atoms with van der Waals surface area (Å²) in [4.78, 5) is 9.20. The second-order valence-corrected chi connectivity index (χ2v) is 6.31. The first-order valence-corrected chi connectivity index (χ1v) is 7.21. The molecule has 0 saturated carbocycles. The summed E-state index contributed by atoms with van der Waals surface area (Å²) in [5.74, 6) is -1.12. The third-order valence-electron chi connectivity index (χ3n) is 2.65. The number of hydrogen-bond acceptors (Lipinski definition) is 6. The van der Waals surface area contributed by atoms with Crippen LogP contribution in [0.3, 0.4) is 0 Å². The SMILES string of the molecule is COCC(O)CN(C)S(=O)(=O)c1ccc(F)c([N+](=O)[O-])c1.